The summed E-state index contributed by atoms with van der Waals surface area (Å²) in [7, 11) is 1.86. The molecule has 5 nitrogen and oxygen atoms in total. The van der Waals surface area contributed by atoms with Crippen molar-refractivity contribution in [1.82, 2.24) is 15.5 Å². The van der Waals surface area contributed by atoms with Crippen LogP contribution in [0.2, 0.25) is 0 Å². The maximum Gasteiger partial charge on any atom is 0.191 e. The Morgan fingerprint density at radius 3 is 2.59 bits per heavy atom. The van der Waals surface area contributed by atoms with Crippen LogP contribution >= 0.6 is 0 Å². The Labute approximate surface area is 164 Å². The highest BCUT2D eigenvalue weighted by Crippen LogP contribution is 2.18. The minimum atomic E-state index is 0.515. The number of hydrogen-bond acceptors (Lipinski definition) is 3. The van der Waals surface area contributed by atoms with E-state index >= 15 is 0 Å². The molecule has 148 valence electrons. The maximum absolute atomic E-state index is 4.42. The number of hydrogen-bond donors (Lipinski definition) is 2. The van der Waals surface area contributed by atoms with E-state index in [1.165, 1.54) is 43.7 Å². The van der Waals surface area contributed by atoms with Crippen molar-refractivity contribution in [3.63, 3.8) is 0 Å². The van der Waals surface area contributed by atoms with Crippen LogP contribution in [-0.2, 0) is 6.54 Å². The molecular formula is C22H35N5. The van der Waals surface area contributed by atoms with Crippen LogP contribution in [0.4, 0.5) is 5.69 Å². The molecule has 0 bridgehead atoms. The molecule has 2 heterocycles. The molecule has 3 rings (SSSR count). The van der Waals surface area contributed by atoms with Crippen molar-refractivity contribution in [2.75, 3.05) is 44.7 Å². The Morgan fingerprint density at radius 1 is 1.19 bits per heavy atom. The van der Waals surface area contributed by atoms with E-state index in [0.717, 1.165) is 31.5 Å². The second kappa shape index (κ2) is 9.79. The summed E-state index contributed by atoms with van der Waals surface area (Å²) >= 11 is 0. The summed E-state index contributed by atoms with van der Waals surface area (Å²) < 4.78 is 0. The van der Waals surface area contributed by atoms with Crippen LogP contribution in [0, 0.1) is 5.92 Å². The molecule has 0 atom stereocenters. The SMILES string of the molecule is CN=C(NCc1cccc(N2CC=CC2)c1)NC1CCN(CC(C)C)CC1. The Hall–Kier alpha value is -2.01. The Kier molecular flexibility index (Phi) is 7.16. The number of nitrogens with one attached hydrogen (secondary N) is 2. The average molecular weight is 370 g/mol. The number of aliphatic imine (C=N–C) groups is 1. The van der Waals surface area contributed by atoms with Gasteiger partial charge in [0.2, 0.25) is 0 Å². The number of guanidine groups is 1. The lowest BCUT2D eigenvalue weighted by Crippen LogP contribution is -2.48. The van der Waals surface area contributed by atoms with Gasteiger partial charge in [0, 0.05) is 58.0 Å². The summed E-state index contributed by atoms with van der Waals surface area (Å²) in [5.74, 6) is 1.65. The zero-order valence-corrected chi connectivity index (χ0v) is 17.1. The lowest BCUT2D eigenvalue weighted by Gasteiger charge is -2.34. The normalized spacial score (nSPS) is 19.1. The smallest absolute Gasteiger partial charge is 0.191 e. The molecule has 1 aromatic carbocycles. The minimum absolute atomic E-state index is 0.515. The zero-order chi connectivity index (χ0) is 19.1. The standard InChI is InChI=1S/C22H35N5/c1-18(2)17-26-13-9-20(10-14-26)25-22(23-3)24-16-19-7-6-8-21(15-19)27-11-4-5-12-27/h4-8,15,18,20H,9-14,16-17H2,1-3H3,(H2,23,24,25). The first-order valence-corrected chi connectivity index (χ1v) is 10.3. The van der Waals surface area contributed by atoms with Crippen molar-refractivity contribution >= 4 is 11.6 Å². The molecule has 2 aliphatic rings. The average Bonchev–Trinajstić information content (AvgIpc) is 3.21. The van der Waals surface area contributed by atoms with Gasteiger partial charge in [-0.1, -0.05) is 38.1 Å². The summed E-state index contributed by atoms with van der Waals surface area (Å²) in [5, 5.41) is 7.10. The highest BCUT2D eigenvalue weighted by molar-refractivity contribution is 5.80. The van der Waals surface area contributed by atoms with E-state index in [1.807, 2.05) is 7.05 Å². The lowest BCUT2D eigenvalue weighted by atomic mass is 10.0. The van der Waals surface area contributed by atoms with Gasteiger partial charge in [-0.2, -0.15) is 0 Å². The van der Waals surface area contributed by atoms with Gasteiger partial charge < -0.3 is 20.4 Å². The van der Waals surface area contributed by atoms with Crippen molar-refractivity contribution in [1.29, 1.82) is 0 Å². The fraction of sp³-hybridized carbons (Fsp3) is 0.591. The lowest BCUT2D eigenvalue weighted by molar-refractivity contribution is 0.187. The van der Waals surface area contributed by atoms with E-state index < -0.39 is 0 Å². The van der Waals surface area contributed by atoms with Crippen molar-refractivity contribution in [3.8, 4) is 0 Å². The Bertz CT molecular complexity index is 636. The molecule has 0 unspecified atom stereocenters. The summed E-state index contributed by atoms with van der Waals surface area (Å²) in [6.07, 6.45) is 6.82. The molecule has 27 heavy (non-hydrogen) atoms. The quantitative estimate of drug-likeness (QED) is 0.460. The molecule has 1 aromatic rings. The third-order valence-electron chi connectivity index (χ3n) is 5.33. The molecule has 5 heteroatoms. The maximum atomic E-state index is 4.42. The van der Waals surface area contributed by atoms with Crippen LogP contribution in [0.1, 0.15) is 32.3 Å². The summed E-state index contributed by atoms with van der Waals surface area (Å²) in [4.78, 5) is 9.38. The fourth-order valence-electron chi connectivity index (χ4n) is 3.90. The zero-order valence-electron chi connectivity index (χ0n) is 17.1. The van der Waals surface area contributed by atoms with Crippen LogP contribution < -0.4 is 15.5 Å². The molecule has 0 saturated carbocycles. The highest BCUT2D eigenvalue weighted by Gasteiger charge is 2.20. The number of rotatable bonds is 6. The van der Waals surface area contributed by atoms with Gasteiger partial charge in [-0.05, 0) is 36.5 Å². The predicted molar refractivity (Wildman–Crippen MR) is 115 cm³/mol. The molecule has 0 radical (unpaired) electrons. The molecular weight excluding hydrogens is 334 g/mol. The van der Waals surface area contributed by atoms with Gasteiger partial charge in [0.15, 0.2) is 5.96 Å². The third-order valence-corrected chi connectivity index (χ3v) is 5.33. The molecule has 0 aromatic heterocycles. The van der Waals surface area contributed by atoms with Crippen molar-refractivity contribution in [2.24, 2.45) is 10.9 Å². The second-order valence-corrected chi connectivity index (χ2v) is 8.09. The number of benzene rings is 1. The predicted octanol–water partition coefficient (Wildman–Crippen LogP) is 2.85. The molecule has 1 saturated heterocycles. The third kappa shape index (κ3) is 5.99. The van der Waals surface area contributed by atoms with E-state index in [-0.39, 0.29) is 0 Å². The highest BCUT2D eigenvalue weighted by atomic mass is 15.2. The van der Waals surface area contributed by atoms with Gasteiger partial charge in [-0.25, -0.2) is 0 Å². The van der Waals surface area contributed by atoms with Gasteiger partial charge in [0.1, 0.15) is 0 Å². The fourth-order valence-corrected chi connectivity index (χ4v) is 3.90. The number of anilines is 1. The van der Waals surface area contributed by atoms with Gasteiger partial charge in [0.25, 0.3) is 0 Å². The first-order valence-electron chi connectivity index (χ1n) is 10.3. The van der Waals surface area contributed by atoms with Crippen LogP contribution in [0.5, 0.6) is 0 Å². The first-order chi connectivity index (χ1) is 13.1. The van der Waals surface area contributed by atoms with Crippen LogP contribution in [0.25, 0.3) is 0 Å². The van der Waals surface area contributed by atoms with Gasteiger partial charge in [-0.3, -0.25) is 4.99 Å². The van der Waals surface area contributed by atoms with Crippen LogP contribution in [-0.4, -0.2) is 56.7 Å². The summed E-state index contributed by atoms with van der Waals surface area (Å²) in [5.41, 5.74) is 2.58. The molecule has 0 spiro atoms. The summed E-state index contributed by atoms with van der Waals surface area (Å²) in [6, 6.07) is 9.30. The van der Waals surface area contributed by atoms with Crippen molar-refractivity contribution < 1.29 is 0 Å². The van der Waals surface area contributed by atoms with Crippen molar-refractivity contribution in [2.45, 2.75) is 39.3 Å². The minimum Gasteiger partial charge on any atom is -0.364 e. The topological polar surface area (TPSA) is 42.9 Å². The molecule has 2 N–H and O–H groups in total. The van der Waals surface area contributed by atoms with Crippen molar-refractivity contribution in [3.05, 3.63) is 42.0 Å². The van der Waals surface area contributed by atoms with E-state index in [4.69, 9.17) is 0 Å². The molecule has 0 amide bonds. The number of piperidine rings is 1. The van der Waals surface area contributed by atoms with E-state index in [9.17, 15) is 0 Å². The number of likely N-dealkylation sites (tertiary alicyclic amines) is 1. The Balaban J connectivity index is 1.45. The van der Waals surface area contributed by atoms with Crippen LogP contribution in [0.3, 0.4) is 0 Å². The largest absolute Gasteiger partial charge is 0.364 e. The van der Waals surface area contributed by atoms with Gasteiger partial charge in [0.05, 0.1) is 0 Å². The summed E-state index contributed by atoms with van der Waals surface area (Å²) in [6.45, 7) is 11.0. The second-order valence-electron chi connectivity index (χ2n) is 8.09. The number of nitrogens with zero attached hydrogens (tertiary/aromatic N) is 3. The molecule has 0 aliphatic carbocycles. The first kappa shape index (κ1) is 19.7. The van der Waals surface area contributed by atoms with Gasteiger partial charge in [-0.15, -0.1) is 0 Å². The monoisotopic (exact) mass is 369 g/mol. The van der Waals surface area contributed by atoms with E-state index in [2.05, 4.69) is 75.7 Å². The Morgan fingerprint density at radius 2 is 1.93 bits per heavy atom. The molecule has 2 aliphatic heterocycles. The van der Waals surface area contributed by atoms with E-state index in [0.29, 0.717) is 6.04 Å². The van der Waals surface area contributed by atoms with Gasteiger partial charge >= 0.3 is 0 Å². The van der Waals surface area contributed by atoms with E-state index in [1.54, 1.807) is 0 Å². The van der Waals surface area contributed by atoms with Crippen LogP contribution in [0.15, 0.2) is 41.4 Å². The molecule has 1 fully saturated rings.